The molecule has 2 aliphatic heterocycles. The number of carbonyl (C=O) groups is 1. The van der Waals surface area contributed by atoms with Crippen LogP contribution in [0.1, 0.15) is 12.8 Å². The van der Waals surface area contributed by atoms with E-state index in [4.69, 9.17) is 0 Å². The van der Waals surface area contributed by atoms with Gasteiger partial charge in [-0.25, -0.2) is 0 Å². The van der Waals surface area contributed by atoms with Gasteiger partial charge in [0.25, 0.3) is 0 Å². The van der Waals surface area contributed by atoms with Crippen molar-refractivity contribution in [3.63, 3.8) is 0 Å². The summed E-state index contributed by atoms with van der Waals surface area (Å²) in [6, 6.07) is 8.79. The van der Waals surface area contributed by atoms with E-state index in [1.54, 1.807) is 0 Å². The minimum Gasteiger partial charge on any atom is -0.369 e. The van der Waals surface area contributed by atoms with Crippen LogP contribution in [0.3, 0.4) is 0 Å². The molecule has 1 unspecified atom stereocenters. The van der Waals surface area contributed by atoms with Crippen molar-refractivity contribution in [3.05, 3.63) is 36.5 Å². The first-order valence-electron chi connectivity index (χ1n) is 7.92. The Morgan fingerprint density at radius 2 is 2.09 bits per heavy atom. The number of hydrogen-bond acceptors (Lipinski definition) is 4. The second-order valence-electron chi connectivity index (χ2n) is 6.00. The summed E-state index contributed by atoms with van der Waals surface area (Å²) in [4.78, 5) is 16.1. The second kappa shape index (κ2) is 6.40. The largest absolute Gasteiger partial charge is 0.369 e. The van der Waals surface area contributed by atoms with Crippen molar-refractivity contribution in [1.82, 2.24) is 10.6 Å². The lowest BCUT2D eigenvalue weighted by Crippen LogP contribution is -2.45. The number of benzene rings is 1. The van der Waals surface area contributed by atoms with E-state index in [-0.39, 0.29) is 11.9 Å². The number of rotatable bonds is 3. The molecule has 2 aliphatic rings. The molecule has 5 nitrogen and oxygen atoms in total. The van der Waals surface area contributed by atoms with Crippen LogP contribution in [0, 0.1) is 0 Å². The Kier molecular flexibility index (Phi) is 4.34. The molecular formula is C17H24N4O. The molecular weight excluding hydrogens is 276 g/mol. The van der Waals surface area contributed by atoms with E-state index >= 15 is 0 Å². The number of amides is 1. The minimum atomic E-state index is 0.0733. The number of carbonyl (C=O) groups excluding carboxylic acids is 1. The molecule has 1 atom stereocenters. The molecule has 0 spiro atoms. The topological polar surface area (TPSA) is 47.6 Å². The van der Waals surface area contributed by atoms with E-state index in [1.807, 2.05) is 0 Å². The Morgan fingerprint density at radius 1 is 1.32 bits per heavy atom. The van der Waals surface area contributed by atoms with Crippen molar-refractivity contribution in [2.24, 2.45) is 0 Å². The van der Waals surface area contributed by atoms with Crippen molar-refractivity contribution < 1.29 is 4.79 Å². The third-order valence-electron chi connectivity index (χ3n) is 4.53. The van der Waals surface area contributed by atoms with Gasteiger partial charge in [-0.3, -0.25) is 4.79 Å². The summed E-state index contributed by atoms with van der Waals surface area (Å²) in [5.74, 6) is 0.0733. The summed E-state index contributed by atoms with van der Waals surface area (Å²) in [6.07, 6.45) is 1.38. The molecule has 2 saturated heterocycles. The lowest BCUT2D eigenvalue weighted by Gasteiger charge is -2.35. The standard InChI is InChI=1S/C17H24N4O/c1-13-16(6-7-17(22)19-13)20(2)14-4-3-5-15(12-14)21-10-8-18-9-11-21/h3-5,12,16,18H,1,6-11H2,2H3,(H,19,22). The number of likely N-dealkylation sites (N-methyl/N-ethyl adjacent to an activating group) is 1. The number of piperazine rings is 1. The normalized spacial score (nSPS) is 22.4. The van der Waals surface area contributed by atoms with Crippen molar-refractivity contribution in [1.29, 1.82) is 0 Å². The quantitative estimate of drug-likeness (QED) is 0.884. The van der Waals surface area contributed by atoms with Gasteiger partial charge in [0.1, 0.15) is 0 Å². The predicted molar refractivity (Wildman–Crippen MR) is 90.2 cm³/mol. The summed E-state index contributed by atoms with van der Waals surface area (Å²) >= 11 is 0. The van der Waals surface area contributed by atoms with Crippen LogP contribution in [0.25, 0.3) is 0 Å². The van der Waals surface area contributed by atoms with Crippen molar-refractivity contribution in [2.75, 3.05) is 43.0 Å². The molecule has 0 radical (unpaired) electrons. The zero-order valence-corrected chi connectivity index (χ0v) is 13.1. The fraction of sp³-hybridized carbons (Fsp3) is 0.471. The highest BCUT2D eigenvalue weighted by Crippen LogP contribution is 2.27. The highest BCUT2D eigenvalue weighted by Gasteiger charge is 2.25. The smallest absolute Gasteiger partial charge is 0.224 e. The van der Waals surface area contributed by atoms with Crippen LogP contribution in [0.5, 0.6) is 0 Å². The van der Waals surface area contributed by atoms with Gasteiger partial charge in [0.15, 0.2) is 0 Å². The molecule has 118 valence electrons. The first-order chi connectivity index (χ1) is 10.6. The highest BCUT2D eigenvalue weighted by molar-refractivity contribution is 5.79. The van der Waals surface area contributed by atoms with Crippen molar-refractivity contribution >= 4 is 17.3 Å². The van der Waals surface area contributed by atoms with E-state index in [9.17, 15) is 4.79 Å². The van der Waals surface area contributed by atoms with E-state index in [0.29, 0.717) is 6.42 Å². The third kappa shape index (κ3) is 3.09. The molecule has 2 N–H and O–H groups in total. The van der Waals surface area contributed by atoms with Gasteiger partial charge in [-0.2, -0.15) is 0 Å². The van der Waals surface area contributed by atoms with Gasteiger partial charge < -0.3 is 20.4 Å². The first kappa shape index (κ1) is 14.9. The second-order valence-corrected chi connectivity index (χ2v) is 6.00. The average Bonchev–Trinajstić information content (AvgIpc) is 2.55. The van der Waals surface area contributed by atoms with Gasteiger partial charge in [0, 0.05) is 56.7 Å². The lowest BCUT2D eigenvalue weighted by atomic mass is 10.0. The molecule has 0 aliphatic carbocycles. The first-order valence-corrected chi connectivity index (χ1v) is 7.92. The molecule has 1 aromatic carbocycles. The zero-order valence-electron chi connectivity index (χ0n) is 13.1. The molecule has 3 rings (SSSR count). The van der Waals surface area contributed by atoms with Gasteiger partial charge in [0.05, 0.1) is 6.04 Å². The van der Waals surface area contributed by atoms with Crippen LogP contribution in [0.4, 0.5) is 11.4 Å². The maximum absolute atomic E-state index is 11.4. The lowest BCUT2D eigenvalue weighted by molar-refractivity contribution is -0.121. The molecule has 0 bridgehead atoms. The maximum Gasteiger partial charge on any atom is 0.224 e. The van der Waals surface area contributed by atoms with Crippen LogP contribution in [0.15, 0.2) is 36.5 Å². The van der Waals surface area contributed by atoms with Crippen LogP contribution in [0.2, 0.25) is 0 Å². The van der Waals surface area contributed by atoms with Gasteiger partial charge in [-0.15, -0.1) is 0 Å². The van der Waals surface area contributed by atoms with Gasteiger partial charge >= 0.3 is 0 Å². The Morgan fingerprint density at radius 3 is 2.82 bits per heavy atom. The number of nitrogens with one attached hydrogen (secondary N) is 2. The Bertz CT molecular complexity index is 566. The summed E-state index contributed by atoms with van der Waals surface area (Å²) in [5.41, 5.74) is 3.22. The molecule has 1 amide bonds. The summed E-state index contributed by atoms with van der Waals surface area (Å²) in [6.45, 7) is 8.16. The van der Waals surface area contributed by atoms with Crippen LogP contribution >= 0.6 is 0 Å². The SMILES string of the molecule is C=C1NC(=O)CCC1N(C)c1cccc(N2CCNCC2)c1. The van der Waals surface area contributed by atoms with E-state index in [0.717, 1.165) is 38.3 Å². The van der Waals surface area contributed by atoms with Crippen molar-refractivity contribution in [3.8, 4) is 0 Å². The summed E-state index contributed by atoms with van der Waals surface area (Å²) in [7, 11) is 2.07. The molecule has 0 saturated carbocycles. The van der Waals surface area contributed by atoms with Gasteiger partial charge in [0.2, 0.25) is 5.91 Å². The number of hydrogen-bond donors (Lipinski definition) is 2. The molecule has 5 heteroatoms. The highest BCUT2D eigenvalue weighted by atomic mass is 16.1. The molecule has 2 fully saturated rings. The number of anilines is 2. The zero-order chi connectivity index (χ0) is 15.5. The fourth-order valence-corrected chi connectivity index (χ4v) is 3.21. The summed E-state index contributed by atoms with van der Waals surface area (Å²) < 4.78 is 0. The fourth-order valence-electron chi connectivity index (χ4n) is 3.21. The van der Waals surface area contributed by atoms with E-state index in [2.05, 4.69) is 58.3 Å². The number of nitrogens with zero attached hydrogens (tertiary/aromatic N) is 2. The maximum atomic E-state index is 11.4. The molecule has 0 aromatic heterocycles. The Balaban J connectivity index is 1.76. The van der Waals surface area contributed by atoms with Crippen molar-refractivity contribution in [2.45, 2.75) is 18.9 Å². The average molecular weight is 300 g/mol. The van der Waals surface area contributed by atoms with Crippen LogP contribution in [-0.2, 0) is 4.79 Å². The monoisotopic (exact) mass is 300 g/mol. The minimum absolute atomic E-state index is 0.0733. The molecule has 22 heavy (non-hydrogen) atoms. The predicted octanol–water partition coefficient (Wildman–Crippen LogP) is 1.32. The Hall–Kier alpha value is -2.01. The molecule has 2 heterocycles. The number of piperidine rings is 1. The van der Waals surface area contributed by atoms with Gasteiger partial charge in [-0.1, -0.05) is 12.6 Å². The molecule has 1 aromatic rings. The van der Waals surface area contributed by atoms with E-state index < -0.39 is 0 Å². The Labute approximate surface area is 132 Å². The van der Waals surface area contributed by atoms with Crippen LogP contribution < -0.4 is 20.4 Å². The van der Waals surface area contributed by atoms with E-state index in [1.165, 1.54) is 11.4 Å². The van der Waals surface area contributed by atoms with Crippen LogP contribution in [-0.4, -0.2) is 45.2 Å². The third-order valence-corrected chi connectivity index (χ3v) is 4.53. The van der Waals surface area contributed by atoms with Gasteiger partial charge in [-0.05, 0) is 24.6 Å². The summed E-state index contributed by atoms with van der Waals surface area (Å²) in [5, 5.41) is 6.24.